The van der Waals surface area contributed by atoms with Gasteiger partial charge in [0.1, 0.15) is 6.10 Å². The summed E-state index contributed by atoms with van der Waals surface area (Å²) in [5.74, 6) is -0.783. The Hall–Kier alpha value is -5.30. The summed E-state index contributed by atoms with van der Waals surface area (Å²) in [6.45, 7) is 5.06. The van der Waals surface area contributed by atoms with E-state index < -0.39 is 11.9 Å². The fourth-order valence-corrected chi connectivity index (χ4v) is 6.82. The predicted molar refractivity (Wildman–Crippen MR) is 197 cm³/mol. The van der Waals surface area contributed by atoms with E-state index in [0.717, 1.165) is 15.8 Å². The van der Waals surface area contributed by atoms with Crippen molar-refractivity contribution in [3.05, 3.63) is 113 Å². The molecule has 5 N–H and O–H groups in total. The molecule has 12 heteroatoms. The Morgan fingerprint density at radius 2 is 1.70 bits per heavy atom. The van der Waals surface area contributed by atoms with Gasteiger partial charge in [-0.05, 0) is 68.1 Å². The van der Waals surface area contributed by atoms with Gasteiger partial charge in [0.05, 0.1) is 45.5 Å². The van der Waals surface area contributed by atoms with Gasteiger partial charge in [0.15, 0.2) is 10.8 Å². The number of benzene rings is 4. The zero-order valence-corrected chi connectivity index (χ0v) is 28.9. The van der Waals surface area contributed by atoms with Crippen LogP contribution in [0.2, 0.25) is 0 Å². The number of aromatic nitrogens is 1. The quantitative estimate of drug-likeness (QED) is 0.136. The molecule has 1 aliphatic rings. The van der Waals surface area contributed by atoms with Gasteiger partial charge in [-0.2, -0.15) is 0 Å². The lowest BCUT2D eigenvalue weighted by Gasteiger charge is -2.38. The van der Waals surface area contributed by atoms with Crippen LogP contribution in [0.3, 0.4) is 0 Å². The van der Waals surface area contributed by atoms with E-state index in [9.17, 15) is 19.5 Å². The first-order valence-electron chi connectivity index (χ1n) is 16.4. The summed E-state index contributed by atoms with van der Waals surface area (Å²) in [6.07, 6.45) is -0.387. The van der Waals surface area contributed by atoms with Crippen LogP contribution in [0.15, 0.2) is 91.0 Å². The van der Waals surface area contributed by atoms with Gasteiger partial charge in [0, 0.05) is 31.1 Å². The van der Waals surface area contributed by atoms with Crippen LogP contribution in [-0.2, 0) is 6.54 Å². The third kappa shape index (κ3) is 7.62. The third-order valence-electron chi connectivity index (χ3n) is 8.80. The highest BCUT2D eigenvalue weighted by Crippen LogP contribution is 2.36. The first-order valence-corrected chi connectivity index (χ1v) is 17.2. The highest BCUT2D eigenvalue weighted by atomic mass is 32.1. The van der Waals surface area contributed by atoms with E-state index in [-0.39, 0.29) is 36.2 Å². The third-order valence-corrected chi connectivity index (χ3v) is 9.83. The van der Waals surface area contributed by atoms with Crippen LogP contribution in [0.4, 0.5) is 17.1 Å². The Bertz CT molecular complexity index is 1980. The van der Waals surface area contributed by atoms with Crippen LogP contribution < -0.4 is 21.1 Å². The van der Waals surface area contributed by atoms with E-state index in [1.165, 1.54) is 11.3 Å². The average molecular weight is 693 g/mol. The van der Waals surface area contributed by atoms with Crippen molar-refractivity contribution in [1.29, 1.82) is 0 Å². The summed E-state index contributed by atoms with van der Waals surface area (Å²) >= 11 is 1.29. The molecule has 0 aliphatic carbocycles. The van der Waals surface area contributed by atoms with Gasteiger partial charge in [0.2, 0.25) is 0 Å². The summed E-state index contributed by atoms with van der Waals surface area (Å²) < 4.78 is 7.58. The molecule has 0 saturated heterocycles. The second-order valence-electron chi connectivity index (χ2n) is 12.7. The number of anilines is 3. The number of likely N-dealkylation sites (N-methyl/N-ethyl adjacent to an activating group) is 1. The zero-order chi connectivity index (χ0) is 35.4. The fraction of sp³-hybridized carbons (Fsp3) is 0.263. The Labute approximate surface area is 294 Å². The van der Waals surface area contributed by atoms with Crippen LogP contribution in [0.25, 0.3) is 10.2 Å². The van der Waals surface area contributed by atoms with E-state index in [4.69, 9.17) is 10.5 Å². The summed E-state index contributed by atoms with van der Waals surface area (Å²) in [7, 11) is 1.98. The normalized spacial score (nSPS) is 16.7. The molecule has 3 amide bonds. The van der Waals surface area contributed by atoms with Crippen molar-refractivity contribution in [2.45, 2.75) is 32.5 Å². The number of aliphatic hydroxyl groups excluding tert-OH is 1. The summed E-state index contributed by atoms with van der Waals surface area (Å²) in [4.78, 5) is 48.4. The summed E-state index contributed by atoms with van der Waals surface area (Å²) in [5, 5.41) is 16.1. The van der Waals surface area contributed by atoms with Crippen LogP contribution >= 0.6 is 11.3 Å². The number of carbonyl (C=O) groups is 3. The van der Waals surface area contributed by atoms with Crippen molar-refractivity contribution in [3.63, 3.8) is 0 Å². The topological polar surface area (TPSA) is 150 Å². The van der Waals surface area contributed by atoms with Gasteiger partial charge in [-0.1, -0.05) is 49.4 Å². The Kier molecular flexibility index (Phi) is 10.4. The van der Waals surface area contributed by atoms with Crippen molar-refractivity contribution < 1.29 is 24.2 Å². The molecule has 0 fully saturated rings. The minimum atomic E-state index is -0.427. The molecular formula is C38H40N6O5S. The highest BCUT2D eigenvalue weighted by Gasteiger charge is 2.35. The lowest BCUT2D eigenvalue weighted by Crippen LogP contribution is -2.49. The maximum absolute atomic E-state index is 13.9. The molecule has 2 heterocycles. The molecule has 0 unspecified atom stereocenters. The molecule has 0 spiro atoms. The maximum atomic E-state index is 13.9. The maximum Gasteiger partial charge on any atom is 0.284 e. The van der Waals surface area contributed by atoms with E-state index in [1.54, 1.807) is 47.4 Å². The largest absolute Gasteiger partial charge is 0.486 e. The number of thiazole rings is 1. The van der Waals surface area contributed by atoms with Gasteiger partial charge >= 0.3 is 0 Å². The number of nitrogen functional groups attached to an aromatic ring is 1. The number of hydrogen-bond donors (Lipinski definition) is 4. The molecule has 50 heavy (non-hydrogen) atoms. The number of fused-ring (bicyclic) bond motifs is 2. The average Bonchev–Trinajstić information content (AvgIpc) is 3.56. The number of nitrogens with zero attached hydrogens (tertiary/aromatic N) is 3. The van der Waals surface area contributed by atoms with Crippen molar-refractivity contribution >= 4 is 56.3 Å². The molecule has 1 aliphatic heterocycles. The van der Waals surface area contributed by atoms with Gasteiger partial charge in [-0.25, -0.2) is 4.98 Å². The molecule has 4 aromatic carbocycles. The minimum absolute atomic E-state index is 0.131. The van der Waals surface area contributed by atoms with Gasteiger partial charge in [-0.15, -0.1) is 11.3 Å². The van der Waals surface area contributed by atoms with E-state index in [1.807, 2.05) is 69.4 Å². The number of carbonyl (C=O) groups excluding carboxylic acids is 3. The van der Waals surface area contributed by atoms with Gasteiger partial charge in [-0.3, -0.25) is 19.3 Å². The zero-order valence-electron chi connectivity index (χ0n) is 28.1. The Balaban J connectivity index is 1.21. The van der Waals surface area contributed by atoms with E-state index in [0.29, 0.717) is 52.8 Å². The molecule has 1 aromatic heterocycles. The number of nitrogens with two attached hydrogens (primary N) is 1. The summed E-state index contributed by atoms with van der Waals surface area (Å²) in [5.41, 5.74) is 9.94. The smallest absolute Gasteiger partial charge is 0.284 e. The minimum Gasteiger partial charge on any atom is -0.486 e. The van der Waals surface area contributed by atoms with E-state index >= 15 is 0 Å². The lowest BCUT2D eigenvalue weighted by molar-refractivity contribution is 0.0343. The number of para-hydroxylation sites is 4. The molecule has 0 bridgehead atoms. The van der Waals surface area contributed by atoms with Crippen molar-refractivity contribution in [1.82, 2.24) is 14.8 Å². The molecule has 3 atom stereocenters. The number of nitrogens with one attached hydrogen (secondary N) is 2. The first kappa shape index (κ1) is 34.6. The second kappa shape index (κ2) is 15.1. The van der Waals surface area contributed by atoms with Crippen molar-refractivity contribution in [3.8, 4) is 5.75 Å². The van der Waals surface area contributed by atoms with Crippen LogP contribution in [0.1, 0.15) is 49.9 Å². The molecule has 0 radical (unpaired) electrons. The predicted octanol–water partition coefficient (Wildman–Crippen LogP) is 5.74. The molecule has 5 aromatic rings. The molecule has 6 rings (SSSR count). The standard InChI is InChI=1S/C38H40N6O5S/c1-23-19-44(24(2)22-45)38(48)27-9-8-13-31(41-36(47)37-42-30-12-6-7-14-33(30)50-37)34(27)49-32(23)21-43(3)20-25-15-17-26(18-16-25)35(46)40-29-11-5-4-10-28(29)39/h4-18,23-24,32,45H,19-22,39H2,1-3H3,(H,40,46)(H,41,47)/t23-,24+,32+/m0/s1. The number of ether oxygens (including phenoxy) is 1. The monoisotopic (exact) mass is 692 g/mol. The van der Waals surface area contributed by atoms with Gasteiger partial charge < -0.3 is 31.1 Å². The number of aliphatic hydroxyl groups is 1. The number of amides is 3. The number of rotatable bonds is 10. The lowest BCUT2D eigenvalue weighted by atomic mass is 9.98. The Morgan fingerprint density at radius 1 is 1.00 bits per heavy atom. The highest BCUT2D eigenvalue weighted by molar-refractivity contribution is 7.20. The molecule has 11 nitrogen and oxygen atoms in total. The first-order chi connectivity index (χ1) is 24.1. The van der Waals surface area contributed by atoms with Crippen molar-refractivity contribution in [2.75, 3.05) is 43.1 Å². The van der Waals surface area contributed by atoms with Crippen molar-refractivity contribution in [2.24, 2.45) is 5.92 Å². The molecule has 0 saturated carbocycles. The van der Waals surface area contributed by atoms with Gasteiger partial charge in [0.25, 0.3) is 17.7 Å². The Morgan fingerprint density at radius 3 is 2.44 bits per heavy atom. The molecular weight excluding hydrogens is 653 g/mol. The SMILES string of the molecule is C[C@H](CO)N1C[C@H](C)[C@@H](CN(C)Cc2ccc(C(=O)Nc3ccccc3N)cc2)Oc2c(NC(=O)c3nc4ccccc4s3)cccc2C1=O. The number of hydrogen-bond acceptors (Lipinski definition) is 9. The van der Waals surface area contributed by atoms with E-state index in [2.05, 4.69) is 20.5 Å². The molecule has 258 valence electrons. The van der Waals surface area contributed by atoms with Crippen LogP contribution in [0, 0.1) is 5.92 Å². The second-order valence-corrected chi connectivity index (χ2v) is 13.7. The summed E-state index contributed by atoms with van der Waals surface area (Å²) in [6, 6.07) is 26.7. The van der Waals surface area contributed by atoms with Crippen LogP contribution in [0.5, 0.6) is 5.75 Å². The van der Waals surface area contributed by atoms with Crippen LogP contribution in [-0.4, -0.2) is 76.5 Å². The fourth-order valence-electron chi connectivity index (χ4n) is 5.96.